The zero-order valence-corrected chi connectivity index (χ0v) is 18.7. The van der Waals surface area contributed by atoms with Gasteiger partial charge in [0.1, 0.15) is 10.1 Å². The number of halogens is 1. The van der Waals surface area contributed by atoms with Crippen molar-refractivity contribution in [3.05, 3.63) is 112 Å². The SMILES string of the molecule is O=C1C(=Cc2cn(Cc3ccccc3F)c3ccccc23)SC(=S)N1Cc1ccccc1. The van der Waals surface area contributed by atoms with Gasteiger partial charge in [0.15, 0.2) is 0 Å². The fraction of sp³-hybridized carbons (Fsp3) is 0.0769. The molecule has 0 bridgehead atoms. The Labute approximate surface area is 195 Å². The maximum absolute atomic E-state index is 14.2. The van der Waals surface area contributed by atoms with Crippen molar-refractivity contribution < 1.29 is 9.18 Å². The Morgan fingerprint density at radius 2 is 1.62 bits per heavy atom. The van der Waals surface area contributed by atoms with E-state index in [0.29, 0.717) is 27.9 Å². The van der Waals surface area contributed by atoms with Gasteiger partial charge in [0.05, 0.1) is 18.0 Å². The lowest BCUT2D eigenvalue weighted by molar-refractivity contribution is -0.122. The lowest BCUT2D eigenvalue weighted by atomic mass is 10.1. The van der Waals surface area contributed by atoms with E-state index in [1.54, 1.807) is 17.0 Å². The molecule has 3 aromatic carbocycles. The number of carbonyl (C=O) groups excluding carboxylic acids is 1. The molecule has 0 atom stereocenters. The minimum absolute atomic E-state index is 0.0882. The third kappa shape index (κ3) is 3.99. The largest absolute Gasteiger partial charge is 0.342 e. The molecule has 1 fully saturated rings. The molecule has 0 radical (unpaired) electrons. The summed E-state index contributed by atoms with van der Waals surface area (Å²) in [6.07, 6.45) is 3.87. The van der Waals surface area contributed by atoms with E-state index in [2.05, 4.69) is 0 Å². The number of rotatable bonds is 5. The molecule has 32 heavy (non-hydrogen) atoms. The van der Waals surface area contributed by atoms with Crippen molar-refractivity contribution in [2.45, 2.75) is 13.1 Å². The minimum Gasteiger partial charge on any atom is -0.342 e. The van der Waals surface area contributed by atoms with Crippen LogP contribution >= 0.6 is 24.0 Å². The van der Waals surface area contributed by atoms with Crippen molar-refractivity contribution in [1.82, 2.24) is 9.47 Å². The summed E-state index contributed by atoms with van der Waals surface area (Å²) >= 11 is 6.81. The predicted octanol–water partition coefficient (Wildman–Crippen LogP) is 6.23. The first-order chi connectivity index (χ1) is 15.6. The lowest BCUT2D eigenvalue weighted by Crippen LogP contribution is -2.27. The van der Waals surface area contributed by atoms with Crippen molar-refractivity contribution in [3.8, 4) is 0 Å². The van der Waals surface area contributed by atoms with Gasteiger partial charge < -0.3 is 4.57 Å². The average Bonchev–Trinajstić information content (AvgIpc) is 3.28. The molecule has 1 aliphatic heterocycles. The first-order valence-corrected chi connectivity index (χ1v) is 11.4. The highest BCUT2D eigenvalue weighted by Crippen LogP contribution is 2.35. The maximum Gasteiger partial charge on any atom is 0.266 e. The number of carbonyl (C=O) groups is 1. The van der Waals surface area contributed by atoms with Crippen LogP contribution in [0.4, 0.5) is 4.39 Å². The van der Waals surface area contributed by atoms with E-state index >= 15 is 0 Å². The van der Waals surface area contributed by atoms with Gasteiger partial charge in [-0.15, -0.1) is 0 Å². The van der Waals surface area contributed by atoms with Gasteiger partial charge in [-0.1, -0.05) is 90.7 Å². The summed E-state index contributed by atoms with van der Waals surface area (Å²) in [5.41, 5.74) is 3.56. The Kier molecular flexibility index (Phi) is 5.64. The summed E-state index contributed by atoms with van der Waals surface area (Å²) in [4.78, 5) is 15.3. The van der Waals surface area contributed by atoms with Gasteiger partial charge in [-0.25, -0.2) is 4.39 Å². The summed E-state index contributed by atoms with van der Waals surface area (Å²) in [6.45, 7) is 0.869. The molecule has 158 valence electrons. The van der Waals surface area contributed by atoms with Crippen LogP contribution in [0.1, 0.15) is 16.7 Å². The molecule has 1 aromatic heterocycles. The Hall–Kier alpha value is -3.22. The highest BCUT2D eigenvalue weighted by Gasteiger charge is 2.32. The van der Waals surface area contributed by atoms with Crippen molar-refractivity contribution in [1.29, 1.82) is 0 Å². The second-order valence-corrected chi connectivity index (χ2v) is 9.25. The molecule has 1 aliphatic rings. The van der Waals surface area contributed by atoms with Crippen LogP contribution in [0.3, 0.4) is 0 Å². The lowest BCUT2D eigenvalue weighted by Gasteiger charge is -2.14. The Bertz CT molecular complexity index is 1360. The number of thioether (sulfide) groups is 1. The fourth-order valence-electron chi connectivity index (χ4n) is 3.87. The summed E-state index contributed by atoms with van der Waals surface area (Å²) in [7, 11) is 0. The average molecular weight is 459 g/mol. The zero-order chi connectivity index (χ0) is 22.1. The molecule has 4 aromatic rings. The molecule has 0 unspecified atom stereocenters. The Balaban J connectivity index is 1.48. The van der Waals surface area contributed by atoms with Crippen LogP contribution in [0.2, 0.25) is 0 Å². The monoisotopic (exact) mass is 458 g/mol. The molecule has 0 aliphatic carbocycles. The smallest absolute Gasteiger partial charge is 0.266 e. The van der Waals surface area contributed by atoms with Gasteiger partial charge >= 0.3 is 0 Å². The van der Waals surface area contributed by atoms with Gasteiger partial charge in [-0.2, -0.15) is 0 Å². The van der Waals surface area contributed by atoms with Gasteiger partial charge in [0, 0.05) is 28.2 Å². The van der Waals surface area contributed by atoms with Gasteiger partial charge in [-0.3, -0.25) is 9.69 Å². The topological polar surface area (TPSA) is 25.2 Å². The third-order valence-corrected chi connectivity index (χ3v) is 6.84. The molecular weight excluding hydrogens is 439 g/mol. The molecule has 6 heteroatoms. The Morgan fingerprint density at radius 1 is 0.906 bits per heavy atom. The first-order valence-electron chi connectivity index (χ1n) is 10.2. The van der Waals surface area contributed by atoms with Crippen LogP contribution in [-0.4, -0.2) is 19.7 Å². The highest BCUT2D eigenvalue weighted by molar-refractivity contribution is 8.26. The van der Waals surface area contributed by atoms with E-state index in [4.69, 9.17) is 12.2 Å². The normalized spacial score (nSPS) is 15.3. The number of fused-ring (bicyclic) bond motifs is 1. The highest BCUT2D eigenvalue weighted by atomic mass is 32.2. The number of aromatic nitrogens is 1. The van der Waals surface area contributed by atoms with E-state index in [1.807, 2.05) is 77.5 Å². The number of hydrogen-bond donors (Lipinski definition) is 0. The van der Waals surface area contributed by atoms with E-state index < -0.39 is 0 Å². The van der Waals surface area contributed by atoms with Crippen LogP contribution in [0.25, 0.3) is 17.0 Å². The first kappa shape index (κ1) is 20.7. The number of amides is 1. The number of hydrogen-bond acceptors (Lipinski definition) is 3. The van der Waals surface area contributed by atoms with Crippen molar-refractivity contribution >= 4 is 51.2 Å². The molecule has 5 rings (SSSR count). The molecule has 1 saturated heterocycles. The summed E-state index contributed by atoms with van der Waals surface area (Å²) < 4.78 is 16.8. The fourth-order valence-corrected chi connectivity index (χ4v) is 5.12. The number of benzene rings is 3. The van der Waals surface area contributed by atoms with Crippen LogP contribution < -0.4 is 0 Å². The van der Waals surface area contributed by atoms with Crippen molar-refractivity contribution in [3.63, 3.8) is 0 Å². The minimum atomic E-state index is -0.228. The predicted molar refractivity (Wildman–Crippen MR) is 133 cm³/mol. The molecule has 0 spiro atoms. The number of thiocarbonyl (C=S) groups is 1. The Morgan fingerprint density at radius 3 is 2.44 bits per heavy atom. The maximum atomic E-state index is 14.2. The zero-order valence-electron chi connectivity index (χ0n) is 17.1. The second kappa shape index (κ2) is 8.73. The van der Waals surface area contributed by atoms with Crippen LogP contribution in [0.15, 0.2) is 90.0 Å². The van der Waals surface area contributed by atoms with Crippen molar-refractivity contribution in [2.75, 3.05) is 0 Å². The molecule has 1 amide bonds. The molecular formula is C26H19FN2OS2. The number of para-hydroxylation sites is 1. The van der Waals surface area contributed by atoms with E-state index in [-0.39, 0.29) is 11.7 Å². The summed E-state index contributed by atoms with van der Waals surface area (Å²) in [6, 6.07) is 24.6. The van der Waals surface area contributed by atoms with Crippen LogP contribution in [0, 0.1) is 5.82 Å². The third-order valence-electron chi connectivity index (χ3n) is 5.46. The van der Waals surface area contributed by atoms with E-state index in [0.717, 1.165) is 22.0 Å². The van der Waals surface area contributed by atoms with Gasteiger partial charge in [0.25, 0.3) is 5.91 Å². The quantitative estimate of drug-likeness (QED) is 0.262. The van der Waals surface area contributed by atoms with E-state index in [9.17, 15) is 9.18 Å². The van der Waals surface area contributed by atoms with Gasteiger partial charge in [-0.05, 0) is 23.8 Å². The standard InChI is InChI=1S/C26H19FN2OS2/c27-22-12-6-4-10-19(22)16-28-17-20(21-11-5-7-13-23(21)28)14-24-25(30)29(26(31)32-24)15-18-8-2-1-3-9-18/h1-14,17H,15-16H2. The van der Waals surface area contributed by atoms with Crippen molar-refractivity contribution in [2.24, 2.45) is 0 Å². The summed E-state index contributed by atoms with van der Waals surface area (Å²) in [5, 5.41) is 1.01. The molecule has 2 heterocycles. The molecule has 0 saturated carbocycles. The second-order valence-electron chi connectivity index (χ2n) is 7.57. The van der Waals surface area contributed by atoms with Crippen LogP contribution in [-0.2, 0) is 17.9 Å². The molecule has 3 nitrogen and oxygen atoms in total. The van der Waals surface area contributed by atoms with E-state index in [1.165, 1.54) is 17.8 Å². The molecule has 0 N–H and O–H groups in total. The van der Waals surface area contributed by atoms with Gasteiger partial charge in [0.2, 0.25) is 0 Å². The number of nitrogens with zero attached hydrogens (tertiary/aromatic N) is 2. The van der Waals surface area contributed by atoms with Crippen LogP contribution in [0.5, 0.6) is 0 Å². The summed E-state index contributed by atoms with van der Waals surface area (Å²) in [5.74, 6) is -0.316.